The molecule has 0 unspecified atom stereocenters. The number of hydrogen-bond donors (Lipinski definition) is 2. The molecular formula is C16H26O3. The van der Waals surface area contributed by atoms with Crippen LogP contribution in [0.4, 0.5) is 0 Å². The molecule has 0 amide bonds. The molecule has 0 aliphatic rings. The Morgan fingerprint density at radius 2 is 1.63 bits per heavy atom. The van der Waals surface area contributed by atoms with Crippen LogP contribution in [0, 0.1) is 11.8 Å². The van der Waals surface area contributed by atoms with Crippen LogP contribution < -0.4 is 0 Å². The van der Waals surface area contributed by atoms with E-state index < -0.39 is 12.2 Å². The molecule has 0 aromatic heterocycles. The van der Waals surface area contributed by atoms with E-state index >= 15 is 0 Å². The van der Waals surface area contributed by atoms with Gasteiger partial charge < -0.3 is 14.9 Å². The third-order valence-electron chi connectivity index (χ3n) is 3.40. The summed E-state index contributed by atoms with van der Waals surface area (Å²) in [7, 11) is 0. The van der Waals surface area contributed by atoms with Crippen LogP contribution in [-0.4, -0.2) is 29.0 Å². The van der Waals surface area contributed by atoms with Crippen molar-refractivity contribution in [2.24, 2.45) is 11.8 Å². The van der Waals surface area contributed by atoms with Gasteiger partial charge in [-0.25, -0.2) is 0 Å². The SMILES string of the molecule is CC(C)[C@H](O)C[C@H](O)[C@@H](C)COCc1ccccc1. The van der Waals surface area contributed by atoms with Crippen molar-refractivity contribution < 1.29 is 14.9 Å². The van der Waals surface area contributed by atoms with Crippen molar-refractivity contribution in [2.45, 2.75) is 46.0 Å². The Kier molecular flexibility index (Phi) is 7.06. The molecule has 0 radical (unpaired) electrons. The van der Waals surface area contributed by atoms with Gasteiger partial charge in [0.1, 0.15) is 0 Å². The lowest BCUT2D eigenvalue weighted by atomic mass is 9.95. The van der Waals surface area contributed by atoms with E-state index in [1.807, 2.05) is 51.1 Å². The summed E-state index contributed by atoms with van der Waals surface area (Å²) in [5.41, 5.74) is 1.13. The summed E-state index contributed by atoms with van der Waals surface area (Å²) in [5, 5.41) is 19.7. The van der Waals surface area contributed by atoms with Gasteiger partial charge in [0.05, 0.1) is 25.4 Å². The molecule has 0 bridgehead atoms. The van der Waals surface area contributed by atoms with Gasteiger partial charge in [0.2, 0.25) is 0 Å². The first-order valence-corrected chi connectivity index (χ1v) is 6.98. The zero-order valence-corrected chi connectivity index (χ0v) is 12.1. The number of hydrogen-bond acceptors (Lipinski definition) is 3. The first kappa shape index (κ1) is 16.2. The highest BCUT2D eigenvalue weighted by molar-refractivity contribution is 5.13. The smallest absolute Gasteiger partial charge is 0.0717 e. The number of rotatable bonds is 8. The topological polar surface area (TPSA) is 49.7 Å². The molecule has 1 rings (SSSR count). The predicted octanol–water partition coefficient (Wildman–Crippen LogP) is 2.61. The molecule has 3 atom stereocenters. The second kappa shape index (κ2) is 8.31. The molecule has 0 saturated carbocycles. The van der Waals surface area contributed by atoms with Crippen LogP contribution in [0.5, 0.6) is 0 Å². The van der Waals surface area contributed by atoms with Crippen LogP contribution in [0.1, 0.15) is 32.8 Å². The van der Waals surface area contributed by atoms with Gasteiger partial charge in [0, 0.05) is 5.92 Å². The van der Waals surface area contributed by atoms with Crippen molar-refractivity contribution in [2.75, 3.05) is 6.61 Å². The Hall–Kier alpha value is -0.900. The molecular weight excluding hydrogens is 240 g/mol. The Balaban J connectivity index is 2.25. The molecule has 3 heteroatoms. The molecule has 0 aliphatic heterocycles. The molecule has 108 valence electrons. The van der Waals surface area contributed by atoms with Crippen LogP contribution in [0.15, 0.2) is 30.3 Å². The lowest BCUT2D eigenvalue weighted by Gasteiger charge is -2.23. The maximum Gasteiger partial charge on any atom is 0.0717 e. The molecule has 1 aromatic rings. The summed E-state index contributed by atoms with van der Waals surface area (Å²) in [6, 6.07) is 9.97. The molecule has 19 heavy (non-hydrogen) atoms. The van der Waals surface area contributed by atoms with Crippen molar-refractivity contribution >= 4 is 0 Å². The lowest BCUT2D eigenvalue weighted by molar-refractivity contribution is -0.00639. The van der Waals surface area contributed by atoms with Gasteiger partial charge in [-0.05, 0) is 17.9 Å². The van der Waals surface area contributed by atoms with Crippen LogP contribution in [0.2, 0.25) is 0 Å². The van der Waals surface area contributed by atoms with Gasteiger partial charge in [0.15, 0.2) is 0 Å². The van der Waals surface area contributed by atoms with Crippen molar-refractivity contribution in [3.8, 4) is 0 Å². The highest BCUT2D eigenvalue weighted by Crippen LogP contribution is 2.15. The van der Waals surface area contributed by atoms with E-state index in [4.69, 9.17) is 4.74 Å². The van der Waals surface area contributed by atoms with E-state index in [1.165, 1.54) is 0 Å². The minimum Gasteiger partial charge on any atom is -0.393 e. The monoisotopic (exact) mass is 266 g/mol. The van der Waals surface area contributed by atoms with Crippen LogP contribution >= 0.6 is 0 Å². The maximum atomic E-state index is 9.99. The molecule has 3 nitrogen and oxygen atoms in total. The second-order valence-electron chi connectivity index (χ2n) is 5.59. The van der Waals surface area contributed by atoms with Crippen molar-refractivity contribution in [1.82, 2.24) is 0 Å². The number of aliphatic hydroxyl groups excluding tert-OH is 2. The third-order valence-corrected chi connectivity index (χ3v) is 3.40. The lowest BCUT2D eigenvalue weighted by Crippen LogP contribution is -2.29. The first-order chi connectivity index (χ1) is 9.00. The van der Waals surface area contributed by atoms with E-state index in [9.17, 15) is 10.2 Å². The average Bonchev–Trinajstić information content (AvgIpc) is 2.39. The van der Waals surface area contributed by atoms with Crippen molar-refractivity contribution in [3.05, 3.63) is 35.9 Å². The molecule has 0 saturated heterocycles. The van der Waals surface area contributed by atoms with Gasteiger partial charge >= 0.3 is 0 Å². The fourth-order valence-corrected chi connectivity index (χ4v) is 1.80. The van der Waals surface area contributed by atoms with Gasteiger partial charge in [-0.2, -0.15) is 0 Å². The van der Waals surface area contributed by atoms with E-state index in [1.54, 1.807) is 0 Å². The van der Waals surface area contributed by atoms with Crippen molar-refractivity contribution in [1.29, 1.82) is 0 Å². The second-order valence-corrected chi connectivity index (χ2v) is 5.59. The number of ether oxygens (including phenoxy) is 1. The van der Waals surface area contributed by atoms with Crippen molar-refractivity contribution in [3.63, 3.8) is 0 Å². The summed E-state index contributed by atoms with van der Waals surface area (Å²) in [6.45, 7) is 6.91. The van der Waals surface area contributed by atoms with Gasteiger partial charge in [-0.15, -0.1) is 0 Å². The van der Waals surface area contributed by atoms with E-state index in [2.05, 4.69) is 0 Å². The summed E-state index contributed by atoms with van der Waals surface area (Å²) in [5.74, 6) is 0.198. The molecule has 0 spiro atoms. The fourth-order valence-electron chi connectivity index (χ4n) is 1.80. The summed E-state index contributed by atoms with van der Waals surface area (Å²) >= 11 is 0. The van der Waals surface area contributed by atoms with Gasteiger partial charge in [-0.1, -0.05) is 51.1 Å². The predicted molar refractivity (Wildman–Crippen MR) is 76.7 cm³/mol. The summed E-state index contributed by atoms with van der Waals surface area (Å²) in [4.78, 5) is 0. The summed E-state index contributed by atoms with van der Waals surface area (Å²) in [6.07, 6.45) is -0.562. The molecule has 0 fully saturated rings. The van der Waals surface area contributed by atoms with Gasteiger partial charge in [-0.3, -0.25) is 0 Å². The van der Waals surface area contributed by atoms with Gasteiger partial charge in [0.25, 0.3) is 0 Å². The molecule has 1 aromatic carbocycles. The average molecular weight is 266 g/mol. The molecule has 2 N–H and O–H groups in total. The molecule has 0 heterocycles. The maximum absolute atomic E-state index is 9.99. The standard InChI is InChI=1S/C16H26O3/c1-12(2)15(17)9-16(18)13(3)10-19-11-14-7-5-4-6-8-14/h4-8,12-13,15-18H,9-11H2,1-3H3/t13-,15+,16-/m0/s1. The highest BCUT2D eigenvalue weighted by atomic mass is 16.5. The third kappa shape index (κ3) is 6.19. The Morgan fingerprint density at radius 3 is 2.21 bits per heavy atom. The minimum atomic E-state index is -0.520. The van der Waals surface area contributed by atoms with E-state index in [0.29, 0.717) is 19.6 Å². The van der Waals surface area contributed by atoms with Crippen LogP contribution in [-0.2, 0) is 11.3 Å². The number of aliphatic hydroxyl groups is 2. The Bertz CT molecular complexity index is 337. The highest BCUT2D eigenvalue weighted by Gasteiger charge is 2.20. The molecule has 0 aliphatic carbocycles. The minimum absolute atomic E-state index is 0.0251. The normalized spacial score (nSPS) is 16.3. The summed E-state index contributed by atoms with van der Waals surface area (Å²) < 4.78 is 5.60. The van der Waals surface area contributed by atoms with Crippen LogP contribution in [0.25, 0.3) is 0 Å². The zero-order valence-electron chi connectivity index (χ0n) is 12.1. The van der Waals surface area contributed by atoms with E-state index in [0.717, 1.165) is 5.56 Å². The first-order valence-electron chi connectivity index (χ1n) is 6.98. The van der Waals surface area contributed by atoms with E-state index in [-0.39, 0.29) is 11.8 Å². The Morgan fingerprint density at radius 1 is 1.00 bits per heavy atom. The zero-order chi connectivity index (χ0) is 14.3. The fraction of sp³-hybridized carbons (Fsp3) is 0.625. The quantitative estimate of drug-likeness (QED) is 0.760. The largest absolute Gasteiger partial charge is 0.393 e. The Labute approximate surface area is 116 Å². The number of benzene rings is 1. The van der Waals surface area contributed by atoms with Crippen LogP contribution in [0.3, 0.4) is 0 Å².